The maximum atomic E-state index is 12.1. The summed E-state index contributed by atoms with van der Waals surface area (Å²) in [7, 11) is 1.51. The van der Waals surface area contributed by atoms with E-state index >= 15 is 0 Å². The third-order valence-electron chi connectivity index (χ3n) is 3.03. The maximum absolute atomic E-state index is 12.1. The standard InChI is InChI=1S/C11H15N3O3/c1-13-10(16)5-4-9(12-13)11(17)14-6-2-3-8(14)7-15/h4-5,8,15H,2-3,6-7H2,1H3. The number of rotatable bonds is 2. The van der Waals surface area contributed by atoms with Crippen LogP contribution in [0.5, 0.6) is 0 Å². The summed E-state index contributed by atoms with van der Waals surface area (Å²) in [4.78, 5) is 24.9. The Morgan fingerprint density at radius 3 is 3.00 bits per heavy atom. The lowest BCUT2D eigenvalue weighted by Crippen LogP contribution is -2.38. The highest BCUT2D eigenvalue weighted by Gasteiger charge is 2.29. The fourth-order valence-corrected chi connectivity index (χ4v) is 2.06. The molecule has 1 aliphatic rings. The molecule has 0 bridgehead atoms. The van der Waals surface area contributed by atoms with Gasteiger partial charge in [0, 0.05) is 19.7 Å². The second-order valence-electron chi connectivity index (χ2n) is 4.16. The van der Waals surface area contributed by atoms with Crippen LogP contribution < -0.4 is 5.56 Å². The molecular formula is C11H15N3O3. The zero-order chi connectivity index (χ0) is 12.4. The fourth-order valence-electron chi connectivity index (χ4n) is 2.06. The van der Waals surface area contributed by atoms with Gasteiger partial charge in [-0.05, 0) is 18.9 Å². The van der Waals surface area contributed by atoms with E-state index < -0.39 is 0 Å². The van der Waals surface area contributed by atoms with Crippen LogP contribution in [0.15, 0.2) is 16.9 Å². The molecule has 0 aliphatic carbocycles. The Kier molecular flexibility index (Phi) is 3.23. The van der Waals surface area contributed by atoms with Crippen LogP contribution >= 0.6 is 0 Å². The number of amides is 1. The van der Waals surface area contributed by atoms with Crippen molar-refractivity contribution in [3.63, 3.8) is 0 Å². The first-order valence-electron chi connectivity index (χ1n) is 5.59. The van der Waals surface area contributed by atoms with E-state index in [1.807, 2.05) is 0 Å². The monoisotopic (exact) mass is 237 g/mol. The van der Waals surface area contributed by atoms with Gasteiger partial charge in [0.15, 0.2) is 0 Å². The molecule has 1 saturated heterocycles. The van der Waals surface area contributed by atoms with Gasteiger partial charge in [0.2, 0.25) is 0 Å². The molecule has 2 rings (SSSR count). The van der Waals surface area contributed by atoms with Crippen molar-refractivity contribution in [1.82, 2.24) is 14.7 Å². The molecular weight excluding hydrogens is 222 g/mol. The van der Waals surface area contributed by atoms with Crippen molar-refractivity contribution in [2.24, 2.45) is 7.05 Å². The lowest BCUT2D eigenvalue weighted by Gasteiger charge is -2.22. The van der Waals surface area contributed by atoms with E-state index in [0.29, 0.717) is 6.54 Å². The Bertz CT molecular complexity index is 483. The first kappa shape index (κ1) is 11.8. The lowest BCUT2D eigenvalue weighted by molar-refractivity contribution is 0.0669. The van der Waals surface area contributed by atoms with Gasteiger partial charge >= 0.3 is 0 Å². The number of nitrogens with zero attached hydrogens (tertiary/aromatic N) is 3. The number of likely N-dealkylation sites (tertiary alicyclic amines) is 1. The van der Waals surface area contributed by atoms with E-state index in [1.54, 1.807) is 4.90 Å². The number of aromatic nitrogens is 2. The topological polar surface area (TPSA) is 75.4 Å². The average molecular weight is 237 g/mol. The third kappa shape index (κ3) is 2.21. The largest absolute Gasteiger partial charge is 0.394 e. The van der Waals surface area contributed by atoms with E-state index in [-0.39, 0.29) is 29.8 Å². The molecule has 1 fully saturated rings. The molecule has 1 unspecified atom stereocenters. The highest BCUT2D eigenvalue weighted by Crippen LogP contribution is 2.18. The minimum Gasteiger partial charge on any atom is -0.394 e. The maximum Gasteiger partial charge on any atom is 0.274 e. The van der Waals surface area contributed by atoms with E-state index in [1.165, 1.54) is 19.2 Å². The summed E-state index contributed by atoms with van der Waals surface area (Å²) in [5.41, 5.74) is -0.00544. The molecule has 0 spiro atoms. The Balaban J connectivity index is 2.24. The van der Waals surface area contributed by atoms with Gasteiger partial charge in [-0.2, -0.15) is 5.10 Å². The molecule has 1 amide bonds. The molecule has 1 aromatic heterocycles. The number of hydrogen-bond donors (Lipinski definition) is 1. The number of carbonyl (C=O) groups is 1. The molecule has 1 aromatic rings. The van der Waals surface area contributed by atoms with Crippen LogP contribution in [0.2, 0.25) is 0 Å². The Morgan fingerprint density at radius 1 is 1.59 bits per heavy atom. The number of aliphatic hydroxyl groups is 1. The summed E-state index contributed by atoms with van der Waals surface area (Å²) in [6, 6.07) is 2.63. The lowest BCUT2D eigenvalue weighted by atomic mass is 10.2. The minimum atomic E-state index is -0.248. The zero-order valence-electron chi connectivity index (χ0n) is 9.67. The van der Waals surface area contributed by atoms with Crippen molar-refractivity contribution in [3.05, 3.63) is 28.2 Å². The van der Waals surface area contributed by atoms with Crippen LogP contribution in [0, 0.1) is 0 Å². The molecule has 0 aromatic carbocycles. The second-order valence-corrected chi connectivity index (χ2v) is 4.16. The number of carbonyl (C=O) groups excluding carboxylic acids is 1. The Labute approximate surface area is 98.5 Å². The molecule has 0 saturated carbocycles. The predicted molar refractivity (Wildman–Crippen MR) is 60.6 cm³/mol. The smallest absolute Gasteiger partial charge is 0.274 e. The molecule has 1 aliphatic heterocycles. The molecule has 2 heterocycles. The van der Waals surface area contributed by atoms with Gasteiger partial charge in [0.1, 0.15) is 5.69 Å². The number of aliphatic hydroxyl groups excluding tert-OH is 1. The molecule has 1 N–H and O–H groups in total. The first-order chi connectivity index (χ1) is 8.13. The summed E-state index contributed by atoms with van der Waals surface area (Å²) < 4.78 is 1.14. The van der Waals surface area contributed by atoms with E-state index in [4.69, 9.17) is 5.11 Å². The van der Waals surface area contributed by atoms with Crippen molar-refractivity contribution < 1.29 is 9.90 Å². The SMILES string of the molecule is Cn1nc(C(=O)N2CCCC2CO)ccc1=O. The van der Waals surface area contributed by atoms with Gasteiger partial charge in [0.25, 0.3) is 11.5 Å². The molecule has 17 heavy (non-hydrogen) atoms. The first-order valence-corrected chi connectivity index (χ1v) is 5.59. The highest BCUT2D eigenvalue weighted by molar-refractivity contribution is 5.92. The second kappa shape index (κ2) is 4.67. The zero-order valence-corrected chi connectivity index (χ0v) is 9.67. The van der Waals surface area contributed by atoms with Crippen LogP contribution in [-0.2, 0) is 7.05 Å². The Morgan fingerprint density at radius 2 is 2.35 bits per heavy atom. The van der Waals surface area contributed by atoms with Crippen LogP contribution in [0.4, 0.5) is 0 Å². The summed E-state index contributed by atoms with van der Waals surface area (Å²) in [5, 5.41) is 13.1. The number of hydrogen-bond acceptors (Lipinski definition) is 4. The van der Waals surface area contributed by atoms with Crippen LogP contribution in [0.1, 0.15) is 23.3 Å². The minimum absolute atomic E-state index is 0.0303. The van der Waals surface area contributed by atoms with Gasteiger partial charge in [-0.3, -0.25) is 9.59 Å². The quantitative estimate of drug-likeness (QED) is 0.743. The van der Waals surface area contributed by atoms with Gasteiger partial charge < -0.3 is 10.0 Å². The van der Waals surface area contributed by atoms with Crippen LogP contribution in [0.3, 0.4) is 0 Å². The number of aryl methyl sites for hydroxylation is 1. The van der Waals surface area contributed by atoms with Crippen molar-refractivity contribution >= 4 is 5.91 Å². The van der Waals surface area contributed by atoms with Gasteiger partial charge in [-0.15, -0.1) is 0 Å². The molecule has 1 atom stereocenters. The van der Waals surface area contributed by atoms with E-state index in [9.17, 15) is 9.59 Å². The highest BCUT2D eigenvalue weighted by atomic mass is 16.3. The molecule has 0 radical (unpaired) electrons. The van der Waals surface area contributed by atoms with E-state index in [2.05, 4.69) is 5.10 Å². The fraction of sp³-hybridized carbons (Fsp3) is 0.545. The van der Waals surface area contributed by atoms with E-state index in [0.717, 1.165) is 17.5 Å². The molecule has 92 valence electrons. The van der Waals surface area contributed by atoms with Crippen molar-refractivity contribution in [3.8, 4) is 0 Å². The third-order valence-corrected chi connectivity index (χ3v) is 3.03. The normalized spacial score (nSPS) is 19.6. The summed E-state index contributed by atoms with van der Waals surface area (Å²) in [6.45, 7) is 0.603. The van der Waals surface area contributed by atoms with Crippen LogP contribution in [0.25, 0.3) is 0 Å². The van der Waals surface area contributed by atoms with Gasteiger partial charge in [-0.25, -0.2) is 4.68 Å². The van der Waals surface area contributed by atoms with Crippen molar-refractivity contribution in [2.75, 3.05) is 13.2 Å². The summed E-state index contributed by atoms with van der Waals surface area (Å²) >= 11 is 0. The Hall–Kier alpha value is -1.69. The van der Waals surface area contributed by atoms with Crippen molar-refractivity contribution in [1.29, 1.82) is 0 Å². The predicted octanol–water partition coefficient (Wildman–Crippen LogP) is -0.623. The molecule has 6 heteroatoms. The molecule has 6 nitrogen and oxygen atoms in total. The average Bonchev–Trinajstić information content (AvgIpc) is 2.80. The summed E-state index contributed by atoms with van der Waals surface area (Å²) in [6.07, 6.45) is 1.71. The van der Waals surface area contributed by atoms with Crippen molar-refractivity contribution in [2.45, 2.75) is 18.9 Å². The van der Waals surface area contributed by atoms with Crippen LogP contribution in [-0.4, -0.2) is 44.9 Å². The van der Waals surface area contributed by atoms with Gasteiger partial charge in [0.05, 0.1) is 12.6 Å². The van der Waals surface area contributed by atoms with Gasteiger partial charge in [-0.1, -0.05) is 0 Å². The summed E-state index contributed by atoms with van der Waals surface area (Å²) in [5.74, 6) is -0.225.